The number of carbonyl (C=O) groups is 1. The Hall–Kier alpha value is -2.49. The van der Waals surface area contributed by atoms with Crippen LogP contribution in [-0.4, -0.2) is 41.0 Å². The number of hydrogen-bond acceptors (Lipinski definition) is 3. The molecule has 3 nitrogen and oxygen atoms in total. The number of likely N-dealkylation sites (tertiary alicyclic amines) is 1. The fraction of sp³-hybridized carbons (Fsp3) is 0.346. The third-order valence-electron chi connectivity index (χ3n) is 5.75. The summed E-state index contributed by atoms with van der Waals surface area (Å²) in [5.41, 5.74) is 3.24. The number of piperidine rings is 1. The van der Waals surface area contributed by atoms with Crippen molar-refractivity contribution in [3.63, 3.8) is 0 Å². The second-order valence-electron chi connectivity index (χ2n) is 8.08. The molecule has 2 atom stereocenters. The number of ketones is 1. The number of rotatable bonds is 6. The van der Waals surface area contributed by atoms with Crippen LogP contribution in [0.5, 0.6) is 0 Å². The molecule has 1 fully saturated rings. The molecule has 3 rings (SSSR count). The molecule has 3 heteroatoms. The van der Waals surface area contributed by atoms with E-state index in [1.165, 1.54) is 5.56 Å². The lowest BCUT2D eigenvalue weighted by molar-refractivity contribution is -0.129. The molecule has 0 aromatic heterocycles. The van der Waals surface area contributed by atoms with Crippen LogP contribution >= 0.6 is 0 Å². The summed E-state index contributed by atoms with van der Waals surface area (Å²) in [4.78, 5) is 15.3. The van der Waals surface area contributed by atoms with Crippen molar-refractivity contribution in [3.05, 3.63) is 82.9 Å². The minimum Gasteiger partial charge on any atom is -0.385 e. The van der Waals surface area contributed by atoms with Crippen LogP contribution in [0.4, 0.5) is 0 Å². The average Bonchev–Trinajstić information content (AvgIpc) is 2.71. The third kappa shape index (κ3) is 5.53. The van der Waals surface area contributed by atoms with E-state index in [4.69, 9.17) is 0 Å². The van der Waals surface area contributed by atoms with Crippen molar-refractivity contribution >= 4 is 17.9 Å². The van der Waals surface area contributed by atoms with Gasteiger partial charge in [0.2, 0.25) is 0 Å². The maximum Gasteiger partial charge on any atom is 0.163 e. The van der Waals surface area contributed by atoms with Crippen molar-refractivity contribution in [3.8, 4) is 0 Å². The molecule has 1 saturated heterocycles. The van der Waals surface area contributed by atoms with Gasteiger partial charge in [0.25, 0.3) is 0 Å². The number of nitrogens with zero attached hydrogens (tertiary/aromatic N) is 1. The Morgan fingerprint density at radius 2 is 1.72 bits per heavy atom. The van der Waals surface area contributed by atoms with Gasteiger partial charge in [-0.1, -0.05) is 84.8 Å². The van der Waals surface area contributed by atoms with E-state index in [1.54, 1.807) is 6.08 Å². The van der Waals surface area contributed by atoms with E-state index in [0.717, 1.165) is 29.8 Å². The van der Waals surface area contributed by atoms with E-state index in [1.807, 2.05) is 74.5 Å². The summed E-state index contributed by atoms with van der Waals surface area (Å²) in [5.74, 6) is -0.501. The molecular formula is C26H31NO2. The van der Waals surface area contributed by atoms with Crippen LogP contribution in [0.15, 0.2) is 60.7 Å². The molecule has 0 spiro atoms. The zero-order valence-electron chi connectivity index (χ0n) is 17.6. The van der Waals surface area contributed by atoms with Gasteiger partial charge in [-0.3, -0.25) is 4.79 Å². The maximum atomic E-state index is 13.1. The van der Waals surface area contributed by atoms with Gasteiger partial charge in [0.15, 0.2) is 5.78 Å². The molecule has 2 aromatic carbocycles. The minimum absolute atomic E-state index is 0.0268. The van der Waals surface area contributed by atoms with Gasteiger partial charge >= 0.3 is 0 Å². The summed E-state index contributed by atoms with van der Waals surface area (Å²) in [6.07, 6.45) is 7.81. The normalized spacial score (nSPS) is 23.1. The van der Waals surface area contributed by atoms with Crippen molar-refractivity contribution in [2.45, 2.75) is 32.8 Å². The van der Waals surface area contributed by atoms with Crippen LogP contribution < -0.4 is 0 Å². The molecule has 0 unspecified atom stereocenters. The second-order valence-corrected chi connectivity index (χ2v) is 8.08. The monoisotopic (exact) mass is 389 g/mol. The van der Waals surface area contributed by atoms with Gasteiger partial charge < -0.3 is 10.0 Å². The van der Waals surface area contributed by atoms with Crippen LogP contribution in [0, 0.1) is 19.8 Å². The lowest BCUT2D eigenvalue weighted by Gasteiger charge is -2.41. The zero-order valence-corrected chi connectivity index (χ0v) is 17.6. The molecule has 1 heterocycles. The van der Waals surface area contributed by atoms with E-state index < -0.39 is 11.5 Å². The smallest absolute Gasteiger partial charge is 0.163 e. The summed E-state index contributed by atoms with van der Waals surface area (Å²) in [6, 6.07) is 16.2. The summed E-state index contributed by atoms with van der Waals surface area (Å²) in [7, 11) is 0. The van der Waals surface area contributed by atoms with Crippen LogP contribution in [0.3, 0.4) is 0 Å². The summed E-state index contributed by atoms with van der Waals surface area (Å²) in [5, 5.41) is 11.4. The topological polar surface area (TPSA) is 40.5 Å². The lowest BCUT2D eigenvalue weighted by atomic mass is 9.77. The fourth-order valence-corrected chi connectivity index (χ4v) is 3.92. The Balaban J connectivity index is 1.83. The van der Waals surface area contributed by atoms with Gasteiger partial charge in [0.1, 0.15) is 0 Å². The Bertz CT molecular complexity index is 914. The third-order valence-corrected chi connectivity index (χ3v) is 5.75. The number of hydrogen-bond donors (Lipinski definition) is 1. The SMILES string of the molecule is CCN1CC[C@](O)(/C=C/c2cccc(C)c2)[C@H](C(=O)/C=C\c2cccc(C)c2)C1. The number of aliphatic hydroxyl groups is 1. The van der Waals surface area contributed by atoms with Crippen molar-refractivity contribution < 1.29 is 9.90 Å². The van der Waals surface area contributed by atoms with Gasteiger partial charge in [0.05, 0.1) is 11.5 Å². The van der Waals surface area contributed by atoms with Gasteiger partial charge in [-0.2, -0.15) is 0 Å². The molecule has 152 valence electrons. The van der Waals surface area contributed by atoms with Crippen LogP contribution in [0.2, 0.25) is 0 Å². The lowest BCUT2D eigenvalue weighted by Crippen LogP contribution is -2.53. The number of aryl methyl sites for hydroxylation is 2. The fourth-order valence-electron chi connectivity index (χ4n) is 3.92. The zero-order chi connectivity index (χ0) is 20.9. The van der Waals surface area contributed by atoms with E-state index in [0.29, 0.717) is 13.0 Å². The van der Waals surface area contributed by atoms with E-state index in [-0.39, 0.29) is 5.78 Å². The highest BCUT2D eigenvalue weighted by Gasteiger charge is 2.42. The summed E-state index contributed by atoms with van der Waals surface area (Å²) in [6.45, 7) is 8.42. The van der Waals surface area contributed by atoms with Gasteiger partial charge in [-0.15, -0.1) is 0 Å². The summed E-state index contributed by atoms with van der Waals surface area (Å²) < 4.78 is 0. The molecular weight excluding hydrogens is 358 g/mol. The van der Waals surface area contributed by atoms with E-state index >= 15 is 0 Å². The first-order chi connectivity index (χ1) is 13.9. The standard InChI is InChI=1S/C26H31NO2/c1-4-27-16-15-26(29,14-13-23-10-6-8-21(3)18-23)24(19-27)25(28)12-11-22-9-5-7-20(2)17-22/h5-14,17-18,24,29H,4,15-16,19H2,1-3H3/b12-11-,14-13+/t24-,26+/m0/s1. The Morgan fingerprint density at radius 3 is 2.31 bits per heavy atom. The highest BCUT2D eigenvalue weighted by molar-refractivity contribution is 5.96. The van der Waals surface area contributed by atoms with Crippen molar-refractivity contribution in [2.24, 2.45) is 5.92 Å². The predicted octanol–water partition coefficient (Wildman–Crippen LogP) is 4.67. The van der Waals surface area contributed by atoms with Gasteiger partial charge in [0, 0.05) is 13.1 Å². The quantitative estimate of drug-likeness (QED) is 0.730. The highest BCUT2D eigenvalue weighted by Crippen LogP contribution is 2.31. The molecule has 0 saturated carbocycles. The van der Waals surface area contributed by atoms with Crippen LogP contribution in [0.25, 0.3) is 12.2 Å². The number of carbonyl (C=O) groups excluding carboxylic acids is 1. The molecule has 1 N–H and O–H groups in total. The molecule has 0 aliphatic carbocycles. The van der Waals surface area contributed by atoms with Crippen LogP contribution in [0.1, 0.15) is 35.6 Å². The van der Waals surface area contributed by atoms with E-state index in [2.05, 4.69) is 17.9 Å². The van der Waals surface area contributed by atoms with Crippen molar-refractivity contribution in [1.29, 1.82) is 0 Å². The van der Waals surface area contributed by atoms with E-state index in [9.17, 15) is 9.90 Å². The first-order valence-electron chi connectivity index (χ1n) is 10.4. The van der Waals surface area contributed by atoms with Crippen molar-refractivity contribution in [1.82, 2.24) is 4.90 Å². The second kappa shape index (κ2) is 9.34. The predicted molar refractivity (Wildman–Crippen MR) is 121 cm³/mol. The molecule has 0 radical (unpaired) electrons. The highest BCUT2D eigenvalue weighted by atomic mass is 16.3. The number of benzene rings is 2. The first kappa shape index (κ1) is 21.2. The minimum atomic E-state index is -1.14. The molecule has 0 bridgehead atoms. The molecule has 29 heavy (non-hydrogen) atoms. The number of allylic oxidation sites excluding steroid dienone is 1. The Kier molecular flexibility index (Phi) is 6.83. The molecule has 1 aliphatic rings. The largest absolute Gasteiger partial charge is 0.385 e. The van der Waals surface area contributed by atoms with Gasteiger partial charge in [-0.05, 0) is 44.0 Å². The molecule has 0 amide bonds. The van der Waals surface area contributed by atoms with Crippen LogP contribution in [-0.2, 0) is 4.79 Å². The first-order valence-corrected chi connectivity index (χ1v) is 10.4. The van der Waals surface area contributed by atoms with Crippen molar-refractivity contribution in [2.75, 3.05) is 19.6 Å². The Labute approximate surface area is 174 Å². The summed E-state index contributed by atoms with van der Waals surface area (Å²) >= 11 is 0. The molecule has 2 aromatic rings. The maximum absolute atomic E-state index is 13.1. The Morgan fingerprint density at radius 1 is 1.10 bits per heavy atom. The molecule has 1 aliphatic heterocycles. The van der Waals surface area contributed by atoms with Gasteiger partial charge in [-0.25, -0.2) is 0 Å². The average molecular weight is 390 g/mol.